The summed E-state index contributed by atoms with van der Waals surface area (Å²) in [5.41, 5.74) is 4.33. The van der Waals surface area contributed by atoms with E-state index in [1.807, 2.05) is 43.3 Å². The summed E-state index contributed by atoms with van der Waals surface area (Å²) in [5, 5.41) is 10.1. The Labute approximate surface area is 200 Å². The summed E-state index contributed by atoms with van der Waals surface area (Å²) >= 11 is 2.93. The van der Waals surface area contributed by atoms with E-state index in [9.17, 15) is 13.2 Å². The number of thiophene rings is 1. The molecule has 0 bridgehead atoms. The predicted molar refractivity (Wildman–Crippen MR) is 124 cm³/mol. The van der Waals surface area contributed by atoms with E-state index in [0.717, 1.165) is 10.3 Å². The maximum atomic E-state index is 12.5. The number of hydrogen-bond donors (Lipinski definition) is 1. The Bertz CT molecular complexity index is 1360. The van der Waals surface area contributed by atoms with E-state index in [-0.39, 0.29) is 11.8 Å². The van der Waals surface area contributed by atoms with Crippen molar-refractivity contribution in [3.05, 3.63) is 76.0 Å². The first-order chi connectivity index (χ1) is 16.4. The first-order valence-corrected chi connectivity index (χ1v) is 11.8. The summed E-state index contributed by atoms with van der Waals surface area (Å²) in [7, 11) is 0. The van der Waals surface area contributed by atoms with Crippen LogP contribution in [0.3, 0.4) is 0 Å². The summed E-state index contributed by atoms with van der Waals surface area (Å²) in [5.74, 6) is 0.232. The van der Waals surface area contributed by atoms with Gasteiger partial charge in [-0.1, -0.05) is 30.0 Å². The van der Waals surface area contributed by atoms with Gasteiger partial charge in [-0.3, -0.25) is 9.83 Å². The molecular formula is C23H17F3N4O2S2. The van der Waals surface area contributed by atoms with Crippen molar-refractivity contribution in [3.63, 3.8) is 0 Å². The zero-order chi connectivity index (χ0) is 23.7. The third kappa shape index (κ3) is 5.01. The van der Waals surface area contributed by atoms with E-state index < -0.39 is 6.36 Å². The molecule has 6 nitrogen and oxygen atoms in total. The maximum Gasteiger partial charge on any atom is 0.573 e. The lowest BCUT2D eigenvalue weighted by molar-refractivity contribution is -0.274. The van der Waals surface area contributed by atoms with Crippen molar-refractivity contribution < 1.29 is 22.7 Å². The number of nitrogens with one attached hydrogen (secondary N) is 1. The van der Waals surface area contributed by atoms with Gasteiger partial charge >= 0.3 is 6.36 Å². The molecular weight excluding hydrogens is 485 g/mol. The molecule has 3 heterocycles. The topological polar surface area (TPSA) is 68.6 Å². The fourth-order valence-electron chi connectivity index (χ4n) is 3.46. The molecule has 0 unspecified atom stereocenters. The fraction of sp³-hybridized carbons (Fsp3) is 0.174. The number of ether oxygens (including phenoxy) is 1. The highest BCUT2D eigenvalue weighted by Gasteiger charge is 2.31. The summed E-state index contributed by atoms with van der Waals surface area (Å²) in [6, 6.07) is 17.1. The molecule has 1 atom stereocenters. The van der Waals surface area contributed by atoms with Crippen LogP contribution in [0, 0.1) is 6.92 Å². The number of amidine groups is 1. The molecule has 0 radical (unpaired) electrons. The van der Waals surface area contributed by atoms with Crippen LogP contribution in [0.15, 0.2) is 75.6 Å². The lowest BCUT2D eigenvalue weighted by atomic mass is 10.1. The molecule has 1 aliphatic rings. The minimum atomic E-state index is -4.74. The van der Waals surface area contributed by atoms with Crippen LogP contribution >= 0.6 is 23.1 Å². The van der Waals surface area contributed by atoms with Gasteiger partial charge in [-0.05, 0) is 49.4 Å². The van der Waals surface area contributed by atoms with Gasteiger partial charge in [0, 0.05) is 20.0 Å². The number of aliphatic imine (C=N–C) groups is 1. The van der Waals surface area contributed by atoms with E-state index in [2.05, 4.69) is 20.4 Å². The number of fused-ring (bicyclic) bond motifs is 1. The Morgan fingerprint density at radius 3 is 2.59 bits per heavy atom. The minimum absolute atomic E-state index is 0.168. The summed E-state index contributed by atoms with van der Waals surface area (Å²) in [6.07, 6.45) is -4.74. The van der Waals surface area contributed by atoms with Crippen molar-refractivity contribution in [2.45, 2.75) is 29.2 Å². The number of benzene rings is 2. The van der Waals surface area contributed by atoms with Crippen LogP contribution < -0.4 is 10.2 Å². The van der Waals surface area contributed by atoms with Crippen LogP contribution in [-0.4, -0.2) is 29.0 Å². The zero-order valence-electron chi connectivity index (χ0n) is 17.7. The lowest BCUT2D eigenvalue weighted by Crippen LogP contribution is -2.33. The number of rotatable bonds is 5. The molecule has 174 valence electrons. The van der Waals surface area contributed by atoms with E-state index in [1.54, 1.807) is 11.3 Å². The monoisotopic (exact) mass is 502 g/mol. The largest absolute Gasteiger partial charge is 0.573 e. The molecule has 2 aromatic carbocycles. The van der Waals surface area contributed by atoms with Gasteiger partial charge < -0.3 is 4.74 Å². The van der Waals surface area contributed by atoms with Gasteiger partial charge in [0.2, 0.25) is 0 Å². The second kappa shape index (κ2) is 9.24. The van der Waals surface area contributed by atoms with Crippen molar-refractivity contribution >= 4 is 39.8 Å². The van der Waals surface area contributed by atoms with E-state index >= 15 is 0 Å². The third-order valence-electron chi connectivity index (χ3n) is 4.93. The molecule has 4 aromatic rings. The van der Waals surface area contributed by atoms with Crippen molar-refractivity contribution in [2.24, 2.45) is 4.99 Å². The predicted octanol–water partition coefficient (Wildman–Crippen LogP) is 6.07. The normalized spacial score (nSPS) is 16.2. The second-order valence-corrected chi connectivity index (χ2v) is 9.76. The highest BCUT2D eigenvalue weighted by Crippen LogP contribution is 2.35. The number of halogens is 3. The Hall–Kier alpha value is -3.15. The molecule has 0 saturated heterocycles. The smallest absolute Gasteiger partial charge is 0.406 e. The summed E-state index contributed by atoms with van der Waals surface area (Å²) in [6.45, 7) is 2.43. The molecule has 5 rings (SSSR count). The van der Waals surface area contributed by atoms with Crippen LogP contribution in [0.2, 0.25) is 0 Å². The van der Waals surface area contributed by atoms with Crippen LogP contribution in [-0.2, 0) is 4.84 Å². The summed E-state index contributed by atoms with van der Waals surface area (Å²) < 4.78 is 41.4. The highest BCUT2D eigenvalue weighted by atomic mass is 32.2. The standard InChI is InChI=1S/C23H17F3N4O2S2/c1-13-6-11-19(33-13)18-12-31-30-21(27-18)20-16-4-2-3-5-17(16)28-29-22(20)34-15-9-7-14(8-10-15)32-23(24,25)26/h2-11,18H,12H2,1H3,(H,27,30)/t18-/m1/s1. The lowest BCUT2D eigenvalue weighted by Gasteiger charge is -2.23. The first-order valence-electron chi connectivity index (χ1n) is 10.2. The van der Waals surface area contributed by atoms with Crippen molar-refractivity contribution in [3.8, 4) is 5.75 Å². The molecule has 0 spiro atoms. The van der Waals surface area contributed by atoms with Gasteiger partial charge in [0.15, 0.2) is 5.84 Å². The highest BCUT2D eigenvalue weighted by molar-refractivity contribution is 7.99. The molecule has 0 fully saturated rings. The molecule has 1 N–H and O–H groups in total. The Balaban J connectivity index is 1.53. The van der Waals surface area contributed by atoms with Gasteiger partial charge in [-0.2, -0.15) is 0 Å². The van der Waals surface area contributed by atoms with Gasteiger partial charge in [0.25, 0.3) is 0 Å². The Kier molecular flexibility index (Phi) is 6.15. The molecule has 1 aliphatic heterocycles. The quantitative estimate of drug-likeness (QED) is 0.357. The Morgan fingerprint density at radius 1 is 1.06 bits per heavy atom. The van der Waals surface area contributed by atoms with Crippen LogP contribution in [0.25, 0.3) is 10.9 Å². The first kappa shape index (κ1) is 22.6. The SMILES string of the molecule is Cc1ccc([C@H]2CONC(c3c(Sc4ccc(OC(F)(F)F)cc4)nnc4ccccc34)=N2)s1. The number of alkyl halides is 3. The number of aromatic nitrogens is 2. The van der Waals surface area contributed by atoms with E-state index in [1.165, 1.54) is 40.9 Å². The van der Waals surface area contributed by atoms with E-state index in [4.69, 9.17) is 9.83 Å². The number of aryl methyl sites for hydroxylation is 1. The van der Waals surface area contributed by atoms with Gasteiger partial charge in [-0.15, -0.1) is 34.7 Å². The second-order valence-electron chi connectivity index (χ2n) is 7.37. The fourth-order valence-corrected chi connectivity index (χ4v) is 5.25. The average molecular weight is 503 g/mol. The molecule has 0 amide bonds. The van der Waals surface area contributed by atoms with Crippen LogP contribution in [0.4, 0.5) is 13.2 Å². The third-order valence-corrected chi connectivity index (χ3v) is 7.02. The zero-order valence-corrected chi connectivity index (χ0v) is 19.3. The van der Waals surface area contributed by atoms with Gasteiger partial charge in [-0.25, -0.2) is 5.48 Å². The van der Waals surface area contributed by atoms with Crippen LogP contribution in [0.1, 0.15) is 21.4 Å². The van der Waals surface area contributed by atoms with Crippen LogP contribution in [0.5, 0.6) is 5.75 Å². The van der Waals surface area contributed by atoms with E-state index in [0.29, 0.717) is 33.4 Å². The summed E-state index contributed by atoms with van der Waals surface area (Å²) in [4.78, 5) is 13.5. The maximum absolute atomic E-state index is 12.5. The molecule has 0 aliphatic carbocycles. The number of hydrogen-bond acceptors (Lipinski definition) is 8. The average Bonchev–Trinajstić information content (AvgIpc) is 3.26. The van der Waals surface area contributed by atoms with Gasteiger partial charge in [0.1, 0.15) is 23.4 Å². The molecule has 11 heteroatoms. The Morgan fingerprint density at radius 2 is 1.85 bits per heavy atom. The minimum Gasteiger partial charge on any atom is -0.406 e. The molecule has 34 heavy (non-hydrogen) atoms. The van der Waals surface area contributed by atoms with Gasteiger partial charge in [0.05, 0.1) is 11.1 Å². The van der Waals surface area contributed by atoms with Crippen molar-refractivity contribution in [1.82, 2.24) is 15.7 Å². The number of hydroxylamine groups is 1. The number of nitrogens with zero attached hydrogens (tertiary/aromatic N) is 3. The molecule has 0 saturated carbocycles. The van der Waals surface area contributed by atoms with Crippen molar-refractivity contribution in [2.75, 3.05) is 6.61 Å². The molecule has 2 aromatic heterocycles. The van der Waals surface area contributed by atoms with Crippen molar-refractivity contribution in [1.29, 1.82) is 0 Å².